The fourth-order valence-electron chi connectivity index (χ4n) is 4.93. The highest BCUT2D eigenvalue weighted by Crippen LogP contribution is 2.21. The van der Waals surface area contributed by atoms with Crippen molar-refractivity contribution in [3.8, 4) is 0 Å². The minimum Gasteiger partial charge on any atom is -0.481 e. The van der Waals surface area contributed by atoms with Crippen LogP contribution < -0.4 is 27.6 Å². The third-order valence-electron chi connectivity index (χ3n) is 7.30. The number of primary amides is 1. The van der Waals surface area contributed by atoms with Gasteiger partial charge in [-0.3, -0.25) is 28.8 Å². The van der Waals surface area contributed by atoms with Crippen molar-refractivity contribution in [1.82, 2.24) is 26.0 Å². The summed E-state index contributed by atoms with van der Waals surface area (Å²) in [6, 6.07) is 10.7. The van der Waals surface area contributed by atoms with Crippen LogP contribution in [-0.2, 0) is 46.5 Å². The van der Waals surface area contributed by atoms with Gasteiger partial charge >= 0.3 is 5.97 Å². The summed E-state index contributed by atoms with van der Waals surface area (Å²) >= 11 is 1.38. The number of carbonyl (C=O) groups excluding carboxylic acids is 5. The average Bonchev–Trinajstić information content (AvgIpc) is 3.44. The molecule has 3 rings (SSSR count). The third kappa shape index (κ3) is 10.6. The summed E-state index contributed by atoms with van der Waals surface area (Å²) in [6.07, 6.45) is 2.73. The molecule has 1 aromatic heterocycles. The summed E-state index contributed by atoms with van der Waals surface area (Å²) in [5.41, 5.74) is 7.67. The number of carbonyl (C=O) groups is 6. The Balaban J connectivity index is 1.82. The summed E-state index contributed by atoms with van der Waals surface area (Å²) in [4.78, 5) is 84.5. The van der Waals surface area contributed by atoms with E-state index in [9.17, 15) is 33.9 Å². The number of hydrogen-bond donors (Lipinski definition) is 7. The largest absolute Gasteiger partial charge is 0.481 e. The number of aromatic amines is 1. The van der Waals surface area contributed by atoms with E-state index in [0.717, 1.165) is 17.8 Å². The topological polar surface area (TPSA) is 239 Å². The van der Waals surface area contributed by atoms with E-state index in [1.165, 1.54) is 11.8 Å². The van der Waals surface area contributed by atoms with Gasteiger partial charge in [-0.05, 0) is 35.6 Å². The van der Waals surface area contributed by atoms with Gasteiger partial charge in [-0.25, -0.2) is 0 Å². The molecule has 0 saturated heterocycles. The molecule has 0 saturated carbocycles. The number of H-pyrrole nitrogens is 1. The number of thioether (sulfide) groups is 1. The van der Waals surface area contributed by atoms with E-state index in [1.54, 1.807) is 42.8 Å². The molecule has 3 aromatic rings. The summed E-state index contributed by atoms with van der Waals surface area (Å²) in [6.45, 7) is 1.16. The van der Waals surface area contributed by atoms with E-state index in [0.29, 0.717) is 21.9 Å². The van der Waals surface area contributed by atoms with Crippen LogP contribution in [-0.4, -0.2) is 86.8 Å². The minimum atomic E-state index is -1.62. The molecule has 0 spiro atoms. The minimum absolute atomic E-state index is 0.0374. The van der Waals surface area contributed by atoms with Crippen molar-refractivity contribution in [1.29, 1.82) is 0 Å². The molecule has 16 heteroatoms. The first-order valence-electron chi connectivity index (χ1n) is 14.6. The molecule has 15 nitrogen and oxygen atoms in total. The van der Waals surface area contributed by atoms with Crippen molar-refractivity contribution in [2.75, 3.05) is 12.0 Å². The van der Waals surface area contributed by atoms with Gasteiger partial charge in [0, 0.05) is 36.9 Å². The number of carboxylic acid groups (broad SMARTS) is 1. The maximum absolute atomic E-state index is 13.7. The SMILES string of the molecule is CSCC[C@H](NC(=O)[C@H](Cc1c[nH]c2ccccc12)N(ON)C(C)=O)C(=O)N[C@@H](CC(=O)O)C(=O)N[C@@H](Cc1ccccc1)C(N)=O. The van der Waals surface area contributed by atoms with Crippen LogP contribution in [0.1, 0.15) is 30.9 Å². The molecule has 0 radical (unpaired) electrons. The lowest BCUT2D eigenvalue weighted by Gasteiger charge is -2.29. The van der Waals surface area contributed by atoms with Crippen molar-refractivity contribution in [2.24, 2.45) is 11.6 Å². The molecule has 47 heavy (non-hydrogen) atoms. The van der Waals surface area contributed by atoms with Gasteiger partial charge in [0.1, 0.15) is 24.2 Å². The average molecular weight is 670 g/mol. The predicted molar refractivity (Wildman–Crippen MR) is 174 cm³/mol. The number of hydroxylamine groups is 2. The number of carboxylic acids is 1. The maximum atomic E-state index is 13.7. The highest BCUT2D eigenvalue weighted by atomic mass is 32.2. The molecule has 252 valence electrons. The molecule has 4 atom stereocenters. The predicted octanol–water partition coefficient (Wildman–Crippen LogP) is 0.143. The summed E-state index contributed by atoms with van der Waals surface area (Å²) < 4.78 is 0. The van der Waals surface area contributed by atoms with Crippen LogP contribution in [0.5, 0.6) is 0 Å². The van der Waals surface area contributed by atoms with Gasteiger partial charge in [-0.2, -0.15) is 27.7 Å². The van der Waals surface area contributed by atoms with Gasteiger partial charge in [0.05, 0.1) is 6.42 Å². The van der Waals surface area contributed by atoms with Crippen LogP contribution in [0.4, 0.5) is 0 Å². The van der Waals surface area contributed by atoms with Gasteiger partial charge in [0.2, 0.25) is 29.5 Å². The highest BCUT2D eigenvalue weighted by Gasteiger charge is 2.35. The van der Waals surface area contributed by atoms with Crippen LogP contribution in [0.15, 0.2) is 60.8 Å². The van der Waals surface area contributed by atoms with E-state index < -0.39 is 66.1 Å². The smallest absolute Gasteiger partial charge is 0.305 e. The number of nitrogens with zero attached hydrogens (tertiary/aromatic N) is 1. The third-order valence-corrected chi connectivity index (χ3v) is 7.94. The van der Waals surface area contributed by atoms with Crippen molar-refractivity contribution in [3.05, 3.63) is 71.9 Å². The van der Waals surface area contributed by atoms with Crippen LogP contribution in [0, 0.1) is 0 Å². The summed E-state index contributed by atoms with van der Waals surface area (Å²) in [5, 5.41) is 18.4. The normalized spacial score (nSPS) is 13.5. The molecule has 0 fully saturated rings. The zero-order chi connectivity index (χ0) is 34.5. The number of fused-ring (bicyclic) bond motifs is 1. The lowest BCUT2D eigenvalue weighted by Crippen LogP contribution is -2.59. The first kappa shape index (κ1) is 36.5. The molecular formula is C31H39N7O8S. The Labute approximate surface area is 275 Å². The molecule has 9 N–H and O–H groups in total. The second-order valence-corrected chi connectivity index (χ2v) is 11.7. The van der Waals surface area contributed by atoms with E-state index in [2.05, 4.69) is 20.9 Å². The molecule has 0 unspecified atom stereocenters. The fraction of sp³-hybridized carbons (Fsp3) is 0.355. The Kier molecular flexibility index (Phi) is 13.7. The van der Waals surface area contributed by atoms with Crippen molar-refractivity contribution < 1.29 is 38.8 Å². The van der Waals surface area contributed by atoms with Gasteiger partial charge in [-0.1, -0.05) is 48.5 Å². The van der Waals surface area contributed by atoms with Crippen molar-refractivity contribution in [2.45, 2.75) is 56.8 Å². The molecular weight excluding hydrogens is 630 g/mol. The molecule has 0 aliphatic rings. The molecule has 2 aromatic carbocycles. The Bertz CT molecular complexity index is 1570. The van der Waals surface area contributed by atoms with Gasteiger partial charge in [-0.15, -0.1) is 0 Å². The second kappa shape index (κ2) is 17.7. The number of para-hydroxylation sites is 1. The lowest BCUT2D eigenvalue weighted by atomic mass is 10.0. The van der Waals surface area contributed by atoms with Crippen molar-refractivity contribution >= 4 is 58.2 Å². The first-order valence-corrected chi connectivity index (χ1v) is 16.0. The first-order chi connectivity index (χ1) is 22.4. The van der Waals surface area contributed by atoms with Gasteiger partial charge < -0.3 is 31.8 Å². The zero-order valence-electron chi connectivity index (χ0n) is 25.9. The monoisotopic (exact) mass is 669 g/mol. The van der Waals surface area contributed by atoms with Gasteiger partial charge in [0.25, 0.3) is 0 Å². The Morgan fingerprint density at radius 2 is 1.51 bits per heavy atom. The highest BCUT2D eigenvalue weighted by molar-refractivity contribution is 7.98. The number of aliphatic carboxylic acids is 1. The van der Waals surface area contributed by atoms with Crippen LogP contribution in [0.25, 0.3) is 10.9 Å². The Hall–Kier alpha value is -4.93. The van der Waals surface area contributed by atoms with Crippen LogP contribution in [0.3, 0.4) is 0 Å². The standard InChI is InChI=1S/C31H39N7O8S/c1-18(39)38(46-33)26(15-20-17-34-22-11-7-6-10-21(20)22)31(45)35-23(12-13-47-2)29(43)37-25(16-27(40)41)30(44)36-24(28(32)42)14-19-8-4-3-5-9-19/h3-11,17,23-26,34H,12-16,33H2,1-2H3,(H2,32,42)(H,35,45)(H,36,44)(H,37,43)(H,40,41)/t23-,24-,25-,26-/m0/s1. The Morgan fingerprint density at radius 1 is 0.894 bits per heavy atom. The lowest BCUT2D eigenvalue weighted by molar-refractivity contribution is -0.202. The van der Waals surface area contributed by atoms with E-state index in [-0.39, 0.29) is 19.3 Å². The van der Waals surface area contributed by atoms with E-state index in [1.807, 2.05) is 24.3 Å². The van der Waals surface area contributed by atoms with Crippen LogP contribution >= 0.6 is 11.8 Å². The molecule has 0 aliphatic carbocycles. The molecule has 0 bridgehead atoms. The fourth-order valence-corrected chi connectivity index (χ4v) is 5.40. The van der Waals surface area contributed by atoms with E-state index >= 15 is 0 Å². The number of rotatable bonds is 18. The number of amides is 5. The number of aromatic nitrogens is 1. The second-order valence-electron chi connectivity index (χ2n) is 10.7. The number of benzene rings is 2. The Morgan fingerprint density at radius 3 is 2.13 bits per heavy atom. The quantitative estimate of drug-likeness (QED) is 0.0904. The molecule has 5 amide bonds. The number of nitrogens with one attached hydrogen (secondary N) is 4. The number of nitrogens with two attached hydrogens (primary N) is 2. The van der Waals surface area contributed by atoms with Gasteiger partial charge in [0.15, 0.2) is 0 Å². The van der Waals surface area contributed by atoms with Crippen molar-refractivity contribution in [3.63, 3.8) is 0 Å². The molecule has 0 aliphatic heterocycles. The summed E-state index contributed by atoms with van der Waals surface area (Å²) in [5.74, 6) is 0.256. The number of hydrogen-bond acceptors (Lipinski definition) is 9. The maximum Gasteiger partial charge on any atom is 0.305 e. The zero-order valence-corrected chi connectivity index (χ0v) is 26.8. The summed E-state index contributed by atoms with van der Waals surface area (Å²) in [7, 11) is 0. The van der Waals surface area contributed by atoms with Crippen LogP contribution in [0.2, 0.25) is 0 Å². The molecule has 1 heterocycles. The van der Waals surface area contributed by atoms with E-state index in [4.69, 9.17) is 16.6 Å².